The molecule has 0 bridgehead atoms. The van der Waals surface area contributed by atoms with E-state index in [0.717, 1.165) is 11.3 Å². The summed E-state index contributed by atoms with van der Waals surface area (Å²) in [6, 6.07) is 8.68. The third-order valence-electron chi connectivity index (χ3n) is 2.48. The summed E-state index contributed by atoms with van der Waals surface area (Å²) in [5.41, 5.74) is 1.48. The number of furan rings is 1. The van der Waals surface area contributed by atoms with E-state index in [2.05, 4.69) is 15.9 Å². The average molecular weight is 295 g/mol. The number of halogens is 1. The van der Waals surface area contributed by atoms with Crippen LogP contribution in [0.1, 0.15) is 21.7 Å². The molecule has 0 aliphatic rings. The lowest BCUT2D eigenvalue weighted by atomic mass is 10.0. The second kappa shape index (κ2) is 4.75. The van der Waals surface area contributed by atoms with Crippen LogP contribution in [0.5, 0.6) is 5.75 Å². The van der Waals surface area contributed by atoms with Gasteiger partial charge >= 0.3 is 0 Å². The highest BCUT2D eigenvalue weighted by Crippen LogP contribution is 2.22. The molecule has 0 spiro atoms. The van der Waals surface area contributed by atoms with E-state index in [0.29, 0.717) is 16.0 Å². The van der Waals surface area contributed by atoms with Gasteiger partial charge < -0.3 is 9.15 Å². The molecule has 17 heavy (non-hydrogen) atoms. The van der Waals surface area contributed by atoms with Crippen molar-refractivity contribution in [3.8, 4) is 5.75 Å². The first-order chi connectivity index (χ1) is 8.11. The molecule has 2 rings (SSSR count). The fourth-order valence-corrected chi connectivity index (χ4v) is 1.89. The highest BCUT2D eigenvalue weighted by atomic mass is 79.9. The maximum atomic E-state index is 12.1. The topological polar surface area (TPSA) is 39.4 Å². The molecular weight excluding hydrogens is 284 g/mol. The molecule has 0 saturated heterocycles. The third-order valence-corrected chi connectivity index (χ3v) is 2.90. The Bertz CT molecular complexity index is 558. The maximum Gasteiger partial charge on any atom is 0.228 e. The molecule has 1 aromatic carbocycles. The Morgan fingerprint density at radius 2 is 2.06 bits per heavy atom. The van der Waals surface area contributed by atoms with Crippen molar-refractivity contribution < 1.29 is 13.9 Å². The van der Waals surface area contributed by atoms with Crippen LogP contribution < -0.4 is 4.74 Å². The molecule has 3 nitrogen and oxygen atoms in total. The fraction of sp³-hybridized carbons (Fsp3) is 0.154. The fourth-order valence-electron chi connectivity index (χ4n) is 1.59. The van der Waals surface area contributed by atoms with Crippen LogP contribution in [0.25, 0.3) is 0 Å². The van der Waals surface area contributed by atoms with Gasteiger partial charge in [0.15, 0.2) is 10.4 Å². The van der Waals surface area contributed by atoms with E-state index in [1.807, 2.05) is 13.0 Å². The van der Waals surface area contributed by atoms with Gasteiger partial charge in [0.2, 0.25) is 5.78 Å². The highest BCUT2D eigenvalue weighted by Gasteiger charge is 2.15. The van der Waals surface area contributed by atoms with E-state index in [1.54, 1.807) is 31.4 Å². The number of hydrogen-bond donors (Lipinski definition) is 0. The van der Waals surface area contributed by atoms with Crippen molar-refractivity contribution in [1.82, 2.24) is 0 Å². The van der Waals surface area contributed by atoms with Gasteiger partial charge in [-0.05, 0) is 58.7 Å². The molecule has 0 amide bonds. The van der Waals surface area contributed by atoms with Gasteiger partial charge in [0, 0.05) is 5.56 Å². The van der Waals surface area contributed by atoms with Crippen molar-refractivity contribution in [3.05, 3.63) is 51.9 Å². The van der Waals surface area contributed by atoms with Gasteiger partial charge in [0.1, 0.15) is 5.75 Å². The van der Waals surface area contributed by atoms with Gasteiger partial charge in [-0.25, -0.2) is 0 Å². The minimum Gasteiger partial charge on any atom is -0.497 e. The predicted molar refractivity (Wildman–Crippen MR) is 67.6 cm³/mol. The third kappa shape index (κ3) is 2.42. The van der Waals surface area contributed by atoms with Gasteiger partial charge in [-0.1, -0.05) is 0 Å². The first kappa shape index (κ1) is 11.9. The van der Waals surface area contributed by atoms with E-state index in [4.69, 9.17) is 9.15 Å². The minimum atomic E-state index is -0.129. The average Bonchev–Trinajstić information content (AvgIpc) is 2.75. The van der Waals surface area contributed by atoms with Gasteiger partial charge in [0.25, 0.3) is 0 Å². The van der Waals surface area contributed by atoms with Gasteiger partial charge in [-0.15, -0.1) is 0 Å². The van der Waals surface area contributed by atoms with E-state index >= 15 is 0 Å². The maximum absolute atomic E-state index is 12.1. The van der Waals surface area contributed by atoms with Crippen molar-refractivity contribution in [1.29, 1.82) is 0 Å². The Balaban J connectivity index is 2.37. The summed E-state index contributed by atoms with van der Waals surface area (Å²) in [7, 11) is 1.60. The summed E-state index contributed by atoms with van der Waals surface area (Å²) in [5.74, 6) is 0.931. The molecule has 0 atom stereocenters. The van der Waals surface area contributed by atoms with Crippen molar-refractivity contribution in [3.63, 3.8) is 0 Å². The molecule has 0 saturated carbocycles. The van der Waals surface area contributed by atoms with Crippen molar-refractivity contribution in [2.75, 3.05) is 7.11 Å². The minimum absolute atomic E-state index is 0.129. The molecule has 88 valence electrons. The Morgan fingerprint density at radius 3 is 2.59 bits per heavy atom. The molecule has 0 N–H and O–H groups in total. The number of benzene rings is 1. The summed E-state index contributed by atoms with van der Waals surface area (Å²) < 4.78 is 10.9. The molecule has 1 heterocycles. The number of methoxy groups -OCH3 is 1. The van der Waals surface area contributed by atoms with Crippen LogP contribution >= 0.6 is 15.9 Å². The van der Waals surface area contributed by atoms with Crippen LogP contribution in [0.4, 0.5) is 0 Å². The quantitative estimate of drug-likeness (QED) is 0.812. The summed E-state index contributed by atoms with van der Waals surface area (Å²) in [6.45, 7) is 1.87. The van der Waals surface area contributed by atoms with Crippen LogP contribution in [0, 0.1) is 6.92 Å². The Morgan fingerprint density at radius 1 is 1.29 bits per heavy atom. The first-order valence-corrected chi connectivity index (χ1v) is 5.86. The van der Waals surface area contributed by atoms with E-state index in [-0.39, 0.29) is 5.78 Å². The Kier molecular flexibility index (Phi) is 3.33. The SMILES string of the molecule is COc1ccc(C(=O)c2ccc(Br)o2)c(C)c1. The zero-order valence-corrected chi connectivity index (χ0v) is 11.1. The lowest BCUT2D eigenvalue weighted by Crippen LogP contribution is -2.02. The van der Waals surface area contributed by atoms with Crippen LogP contribution in [0.3, 0.4) is 0 Å². The lowest BCUT2D eigenvalue weighted by Gasteiger charge is -2.05. The van der Waals surface area contributed by atoms with E-state index < -0.39 is 0 Å². The zero-order chi connectivity index (χ0) is 12.4. The lowest BCUT2D eigenvalue weighted by molar-refractivity contribution is 0.101. The van der Waals surface area contributed by atoms with E-state index in [9.17, 15) is 4.79 Å². The molecule has 4 heteroatoms. The monoisotopic (exact) mass is 294 g/mol. The van der Waals surface area contributed by atoms with Gasteiger partial charge in [-0.3, -0.25) is 4.79 Å². The Labute approximate surface area is 108 Å². The number of hydrogen-bond acceptors (Lipinski definition) is 3. The standard InChI is InChI=1S/C13H11BrO3/c1-8-7-9(16-2)3-4-10(8)13(15)11-5-6-12(14)17-11/h3-7H,1-2H3. The molecule has 0 aliphatic heterocycles. The van der Waals surface area contributed by atoms with Crippen molar-refractivity contribution >= 4 is 21.7 Å². The molecular formula is C13H11BrO3. The molecule has 1 aromatic heterocycles. The van der Waals surface area contributed by atoms with Crippen LogP contribution in [0.15, 0.2) is 39.4 Å². The molecule has 2 aromatic rings. The second-order valence-corrected chi connectivity index (χ2v) is 4.40. The largest absolute Gasteiger partial charge is 0.497 e. The second-order valence-electron chi connectivity index (χ2n) is 3.61. The molecule has 0 fully saturated rings. The van der Waals surface area contributed by atoms with Gasteiger partial charge in [-0.2, -0.15) is 0 Å². The number of carbonyl (C=O) groups is 1. The van der Waals surface area contributed by atoms with Crippen molar-refractivity contribution in [2.45, 2.75) is 6.92 Å². The summed E-state index contributed by atoms with van der Waals surface area (Å²) in [5, 5.41) is 0. The number of ketones is 1. The Hall–Kier alpha value is -1.55. The normalized spacial score (nSPS) is 10.3. The summed E-state index contributed by atoms with van der Waals surface area (Å²) in [6.07, 6.45) is 0. The smallest absolute Gasteiger partial charge is 0.228 e. The van der Waals surface area contributed by atoms with Crippen LogP contribution in [0.2, 0.25) is 0 Å². The number of ether oxygens (including phenoxy) is 1. The van der Waals surface area contributed by atoms with Crippen molar-refractivity contribution in [2.24, 2.45) is 0 Å². The zero-order valence-electron chi connectivity index (χ0n) is 9.49. The number of aryl methyl sites for hydroxylation is 1. The van der Waals surface area contributed by atoms with Gasteiger partial charge in [0.05, 0.1) is 7.11 Å². The first-order valence-electron chi connectivity index (χ1n) is 5.06. The molecule has 0 aliphatic carbocycles. The highest BCUT2D eigenvalue weighted by molar-refractivity contribution is 9.10. The summed E-state index contributed by atoms with van der Waals surface area (Å²) in [4.78, 5) is 12.1. The number of carbonyl (C=O) groups excluding carboxylic acids is 1. The molecule has 0 radical (unpaired) electrons. The van der Waals surface area contributed by atoms with Crippen LogP contribution in [-0.2, 0) is 0 Å². The summed E-state index contributed by atoms with van der Waals surface area (Å²) >= 11 is 3.18. The molecule has 0 unspecified atom stereocenters. The predicted octanol–water partition coefficient (Wildman–Crippen LogP) is 3.59. The van der Waals surface area contributed by atoms with E-state index in [1.165, 1.54) is 0 Å². The van der Waals surface area contributed by atoms with Crippen LogP contribution in [-0.4, -0.2) is 12.9 Å². The number of rotatable bonds is 3.